The fourth-order valence-electron chi connectivity index (χ4n) is 2.72. The van der Waals surface area contributed by atoms with Gasteiger partial charge in [-0.05, 0) is 30.2 Å². The van der Waals surface area contributed by atoms with E-state index in [1.165, 1.54) is 12.1 Å². The summed E-state index contributed by atoms with van der Waals surface area (Å²) in [5, 5.41) is 3.27. The number of rotatable bonds is 0. The van der Waals surface area contributed by atoms with Crippen LogP contribution in [0, 0.1) is 0 Å². The smallest absolute Gasteiger partial charge is 0.365 e. The van der Waals surface area contributed by atoms with Crippen molar-refractivity contribution in [3.8, 4) is 0 Å². The lowest BCUT2D eigenvalue weighted by Crippen LogP contribution is -2.49. The Bertz CT molecular complexity index is 442. The molecule has 0 amide bonds. The summed E-state index contributed by atoms with van der Waals surface area (Å²) in [5.41, 5.74) is 1.27. The van der Waals surface area contributed by atoms with Crippen molar-refractivity contribution in [2.24, 2.45) is 0 Å². The van der Waals surface area contributed by atoms with Crippen LogP contribution in [0.15, 0.2) is 18.2 Å². The molecule has 0 aromatic heterocycles. The highest BCUT2D eigenvalue weighted by molar-refractivity contribution is 5.61. The molecule has 2 nitrogen and oxygen atoms in total. The van der Waals surface area contributed by atoms with Gasteiger partial charge in [0.05, 0.1) is 5.56 Å². The van der Waals surface area contributed by atoms with E-state index in [0.29, 0.717) is 12.5 Å². The van der Waals surface area contributed by atoms with Gasteiger partial charge in [-0.2, -0.15) is 13.2 Å². The van der Waals surface area contributed by atoms with E-state index in [4.69, 9.17) is 0 Å². The number of hydrogen-bond acceptors (Lipinski definition) is 2. The SMILES string of the molecule is FC(F)(F)c1ccc2c(c1)CC1CNCCN21. The molecular weight excluding hydrogens is 229 g/mol. The number of nitrogens with zero attached hydrogens (tertiary/aromatic N) is 1. The monoisotopic (exact) mass is 242 g/mol. The first-order valence-corrected chi connectivity index (χ1v) is 5.73. The Morgan fingerprint density at radius 2 is 2.12 bits per heavy atom. The molecular formula is C12H13F3N2. The molecule has 2 aliphatic rings. The maximum atomic E-state index is 12.6. The van der Waals surface area contributed by atoms with Gasteiger partial charge in [-0.1, -0.05) is 0 Å². The average molecular weight is 242 g/mol. The third kappa shape index (κ3) is 1.78. The first-order valence-electron chi connectivity index (χ1n) is 5.73. The first-order chi connectivity index (χ1) is 8.05. The van der Waals surface area contributed by atoms with Crippen LogP contribution in [0.5, 0.6) is 0 Å². The summed E-state index contributed by atoms with van der Waals surface area (Å²) < 4.78 is 37.8. The Hall–Kier alpha value is -1.23. The van der Waals surface area contributed by atoms with Crippen molar-refractivity contribution >= 4 is 5.69 Å². The standard InChI is InChI=1S/C12H13F3N2/c13-12(14,15)9-1-2-11-8(5-9)6-10-7-16-3-4-17(10)11/h1-2,5,10,16H,3-4,6-7H2. The minimum atomic E-state index is -4.24. The molecule has 0 spiro atoms. The van der Waals surface area contributed by atoms with Crippen molar-refractivity contribution in [2.45, 2.75) is 18.6 Å². The number of alkyl halides is 3. The van der Waals surface area contributed by atoms with Crippen LogP contribution in [-0.4, -0.2) is 25.7 Å². The topological polar surface area (TPSA) is 15.3 Å². The lowest BCUT2D eigenvalue weighted by atomic mass is 10.1. The summed E-state index contributed by atoms with van der Waals surface area (Å²) in [4.78, 5) is 2.21. The predicted molar refractivity (Wildman–Crippen MR) is 59.2 cm³/mol. The van der Waals surface area contributed by atoms with Crippen LogP contribution >= 0.6 is 0 Å². The van der Waals surface area contributed by atoms with Gasteiger partial charge < -0.3 is 10.2 Å². The quantitative estimate of drug-likeness (QED) is 0.749. The van der Waals surface area contributed by atoms with Gasteiger partial charge in [0.2, 0.25) is 0 Å². The van der Waals surface area contributed by atoms with Crippen molar-refractivity contribution < 1.29 is 13.2 Å². The number of piperazine rings is 1. The van der Waals surface area contributed by atoms with E-state index in [-0.39, 0.29) is 0 Å². The van der Waals surface area contributed by atoms with Crippen molar-refractivity contribution in [3.63, 3.8) is 0 Å². The highest BCUT2D eigenvalue weighted by Crippen LogP contribution is 2.37. The fraction of sp³-hybridized carbons (Fsp3) is 0.500. The molecule has 2 aliphatic heterocycles. The number of anilines is 1. The second-order valence-electron chi connectivity index (χ2n) is 4.60. The summed E-state index contributed by atoms with van der Waals surface area (Å²) >= 11 is 0. The molecule has 0 aliphatic carbocycles. The Balaban J connectivity index is 1.97. The second-order valence-corrected chi connectivity index (χ2v) is 4.60. The molecule has 5 heteroatoms. The molecule has 0 radical (unpaired) electrons. The lowest BCUT2D eigenvalue weighted by Gasteiger charge is -2.32. The van der Waals surface area contributed by atoms with Crippen LogP contribution in [0.4, 0.5) is 18.9 Å². The Morgan fingerprint density at radius 3 is 2.88 bits per heavy atom. The molecule has 1 N–H and O–H groups in total. The molecule has 3 rings (SSSR count). The van der Waals surface area contributed by atoms with Gasteiger partial charge in [0.1, 0.15) is 0 Å². The predicted octanol–water partition coefficient (Wildman–Crippen LogP) is 2.04. The summed E-state index contributed by atoms with van der Waals surface area (Å²) in [6.07, 6.45) is -3.53. The van der Waals surface area contributed by atoms with Gasteiger partial charge in [0.25, 0.3) is 0 Å². The van der Waals surface area contributed by atoms with E-state index < -0.39 is 11.7 Å². The Morgan fingerprint density at radius 1 is 1.29 bits per heavy atom. The lowest BCUT2D eigenvalue weighted by molar-refractivity contribution is -0.137. The van der Waals surface area contributed by atoms with E-state index in [1.807, 2.05) is 0 Å². The van der Waals surface area contributed by atoms with Gasteiger partial charge in [0.15, 0.2) is 0 Å². The van der Waals surface area contributed by atoms with Gasteiger partial charge in [-0.25, -0.2) is 0 Å². The number of fused-ring (bicyclic) bond motifs is 3. The number of hydrogen-bond donors (Lipinski definition) is 1. The first kappa shape index (κ1) is 10.9. The summed E-state index contributed by atoms with van der Waals surface area (Å²) in [5.74, 6) is 0. The van der Waals surface area contributed by atoms with Crippen molar-refractivity contribution in [2.75, 3.05) is 24.5 Å². The zero-order valence-electron chi connectivity index (χ0n) is 9.22. The molecule has 1 saturated heterocycles. The summed E-state index contributed by atoms with van der Waals surface area (Å²) in [6, 6.07) is 4.42. The maximum Gasteiger partial charge on any atom is 0.416 e. The van der Waals surface area contributed by atoms with Gasteiger partial charge in [-0.3, -0.25) is 0 Å². The van der Waals surface area contributed by atoms with E-state index in [0.717, 1.165) is 30.9 Å². The third-order valence-corrected chi connectivity index (χ3v) is 3.52. The molecule has 0 saturated carbocycles. The third-order valence-electron chi connectivity index (χ3n) is 3.52. The van der Waals surface area contributed by atoms with E-state index in [1.54, 1.807) is 6.07 Å². The minimum Gasteiger partial charge on any atom is -0.365 e. The summed E-state index contributed by atoms with van der Waals surface area (Å²) in [7, 11) is 0. The zero-order valence-corrected chi connectivity index (χ0v) is 9.22. The molecule has 1 atom stereocenters. The molecule has 1 aromatic carbocycles. The van der Waals surface area contributed by atoms with Crippen LogP contribution < -0.4 is 10.2 Å². The fourth-order valence-corrected chi connectivity index (χ4v) is 2.72. The molecule has 1 unspecified atom stereocenters. The molecule has 92 valence electrons. The number of benzene rings is 1. The molecule has 1 fully saturated rings. The normalized spacial score (nSPS) is 23.5. The van der Waals surface area contributed by atoms with Crippen LogP contribution in [0.25, 0.3) is 0 Å². The van der Waals surface area contributed by atoms with E-state index >= 15 is 0 Å². The van der Waals surface area contributed by atoms with Crippen LogP contribution in [0.2, 0.25) is 0 Å². The maximum absolute atomic E-state index is 12.6. The highest BCUT2D eigenvalue weighted by Gasteiger charge is 2.35. The number of nitrogens with one attached hydrogen (secondary N) is 1. The summed E-state index contributed by atoms with van der Waals surface area (Å²) in [6.45, 7) is 2.63. The van der Waals surface area contributed by atoms with E-state index in [9.17, 15) is 13.2 Å². The molecule has 1 aromatic rings. The number of halogens is 3. The largest absolute Gasteiger partial charge is 0.416 e. The molecule has 17 heavy (non-hydrogen) atoms. The average Bonchev–Trinajstić information content (AvgIpc) is 2.65. The minimum absolute atomic E-state index is 0.322. The van der Waals surface area contributed by atoms with E-state index in [2.05, 4.69) is 10.2 Å². The second kappa shape index (κ2) is 3.63. The van der Waals surface area contributed by atoms with Crippen molar-refractivity contribution in [3.05, 3.63) is 29.3 Å². The van der Waals surface area contributed by atoms with Crippen LogP contribution in [0.3, 0.4) is 0 Å². The van der Waals surface area contributed by atoms with Gasteiger partial charge in [-0.15, -0.1) is 0 Å². The Labute approximate surface area is 97.4 Å². The molecule has 0 bridgehead atoms. The molecule has 2 heterocycles. The van der Waals surface area contributed by atoms with Gasteiger partial charge in [0, 0.05) is 31.4 Å². The van der Waals surface area contributed by atoms with Crippen LogP contribution in [-0.2, 0) is 12.6 Å². The zero-order chi connectivity index (χ0) is 12.0. The Kier molecular flexibility index (Phi) is 2.33. The van der Waals surface area contributed by atoms with Crippen LogP contribution in [0.1, 0.15) is 11.1 Å². The highest BCUT2D eigenvalue weighted by atomic mass is 19.4. The van der Waals surface area contributed by atoms with Crippen molar-refractivity contribution in [1.82, 2.24) is 5.32 Å². The van der Waals surface area contributed by atoms with Gasteiger partial charge >= 0.3 is 6.18 Å². The van der Waals surface area contributed by atoms with Crippen molar-refractivity contribution in [1.29, 1.82) is 0 Å².